The van der Waals surface area contributed by atoms with E-state index in [0.29, 0.717) is 11.7 Å². The number of hydrogen-bond donors (Lipinski definition) is 1. The molecule has 0 radical (unpaired) electrons. The van der Waals surface area contributed by atoms with E-state index in [0.717, 1.165) is 35.9 Å². The number of aromatic nitrogens is 3. The summed E-state index contributed by atoms with van der Waals surface area (Å²) in [5.41, 5.74) is 1.43. The van der Waals surface area contributed by atoms with Crippen molar-refractivity contribution in [3.8, 4) is 0 Å². The number of para-hydroxylation sites is 2. The second-order valence-corrected chi connectivity index (χ2v) is 11.0. The van der Waals surface area contributed by atoms with E-state index in [2.05, 4.69) is 37.6 Å². The van der Waals surface area contributed by atoms with Crippen molar-refractivity contribution in [1.82, 2.24) is 14.8 Å². The minimum absolute atomic E-state index is 0.0283. The molecule has 1 unspecified atom stereocenters. The van der Waals surface area contributed by atoms with Gasteiger partial charge in [-0.25, -0.2) is 0 Å². The number of thiophene rings is 1. The summed E-state index contributed by atoms with van der Waals surface area (Å²) in [6.45, 7) is 1.92. The van der Waals surface area contributed by atoms with Crippen LogP contribution in [-0.4, -0.2) is 38.4 Å². The molecule has 3 aromatic rings. The van der Waals surface area contributed by atoms with Crippen LogP contribution < -0.4 is 10.2 Å². The average molecular weight is 496 g/mol. The fourth-order valence-corrected chi connectivity index (χ4v) is 6.55. The van der Waals surface area contributed by atoms with Crippen LogP contribution in [0.2, 0.25) is 0 Å². The van der Waals surface area contributed by atoms with Crippen LogP contribution in [0.1, 0.15) is 62.2 Å². The summed E-state index contributed by atoms with van der Waals surface area (Å²) in [6.07, 6.45) is 7.00. The number of carbonyl (C=O) groups is 2. The van der Waals surface area contributed by atoms with E-state index in [-0.39, 0.29) is 30.0 Å². The van der Waals surface area contributed by atoms with Crippen molar-refractivity contribution in [2.45, 2.75) is 69.1 Å². The molecule has 178 valence electrons. The molecule has 1 atom stereocenters. The van der Waals surface area contributed by atoms with Crippen LogP contribution in [0.25, 0.3) is 0 Å². The number of fused-ring (bicyclic) bond motifs is 1. The lowest BCUT2D eigenvalue weighted by Gasteiger charge is -2.28. The van der Waals surface area contributed by atoms with Gasteiger partial charge < -0.3 is 14.8 Å². The first-order valence-electron chi connectivity index (χ1n) is 11.9. The van der Waals surface area contributed by atoms with E-state index in [9.17, 15) is 9.59 Å². The maximum atomic E-state index is 13.5. The fraction of sp³-hybridized carbons (Fsp3) is 0.440. The molecule has 1 fully saturated rings. The Labute approximate surface area is 208 Å². The van der Waals surface area contributed by atoms with E-state index in [1.54, 1.807) is 16.2 Å². The van der Waals surface area contributed by atoms with Crippen molar-refractivity contribution in [2.24, 2.45) is 0 Å². The summed E-state index contributed by atoms with van der Waals surface area (Å²) < 4.78 is 2.29. The molecule has 1 aliphatic heterocycles. The molecule has 1 aliphatic carbocycles. The van der Waals surface area contributed by atoms with Crippen LogP contribution in [0.15, 0.2) is 46.9 Å². The molecule has 2 aliphatic rings. The predicted molar refractivity (Wildman–Crippen MR) is 137 cm³/mol. The Hall–Kier alpha value is -2.65. The highest BCUT2D eigenvalue weighted by Gasteiger charge is 2.30. The first-order valence-corrected chi connectivity index (χ1v) is 13.8. The van der Waals surface area contributed by atoms with E-state index < -0.39 is 0 Å². The number of nitrogens with zero attached hydrogens (tertiary/aromatic N) is 4. The van der Waals surface area contributed by atoms with Gasteiger partial charge in [0.25, 0.3) is 0 Å². The van der Waals surface area contributed by atoms with Crippen LogP contribution in [0.3, 0.4) is 0 Å². The lowest BCUT2D eigenvalue weighted by Crippen LogP contribution is -2.40. The van der Waals surface area contributed by atoms with Crippen molar-refractivity contribution >= 4 is 46.3 Å². The van der Waals surface area contributed by atoms with E-state index in [4.69, 9.17) is 0 Å². The highest BCUT2D eigenvalue weighted by Crippen LogP contribution is 2.35. The Morgan fingerprint density at radius 1 is 1.15 bits per heavy atom. The van der Waals surface area contributed by atoms with Crippen LogP contribution in [0.4, 0.5) is 11.4 Å². The van der Waals surface area contributed by atoms with Gasteiger partial charge in [0, 0.05) is 29.8 Å². The van der Waals surface area contributed by atoms with E-state index in [1.807, 2.05) is 31.2 Å². The molecule has 1 N–H and O–H groups in total. The second kappa shape index (κ2) is 10.3. The first kappa shape index (κ1) is 23.1. The molecule has 9 heteroatoms. The Morgan fingerprint density at radius 2 is 1.97 bits per heavy atom. The molecular weight excluding hydrogens is 466 g/mol. The molecule has 5 rings (SSSR count). The molecule has 34 heavy (non-hydrogen) atoms. The molecule has 2 aromatic heterocycles. The molecule has 3 heterocycles. The third-order valence-corrected chi connectivity index (χ3v) is 8.34. The summed E-state index contributed by atoms with van der Waals surface area (Å²) in [4.78, 5) is 28.8. The van der Waals surface area contributed by atoms with Gasteiger partial charge in [0.05, 0.1) is 17.1 Å². The number of rotatable bonds is 6. The standard InChI is InChI=1S/C25H29N5O2S2/c1-17-14-23(31)26-20-11-5-6-12-21(20)29(17)24(32)16-34-25-28-27-22(15-19-10-7-13-33-19)30(25)18-8-3-2-4-9-18/h5-7,10-13,17-18H,2-4,8-9,14-16H2,1H3,(H,26,31). The third-order valence-electron chi connectivity index (χ3n) is 6.54. The zero-order valence-corrected chi connectivity index (χ0v) is 20.9. The zero-order chi connectivity index (χ0) is 23.5. The predicted octanol–water partition coefficient (Wildman–Crippen LogP) is 5.29. The van der Waals surface area contributed by atoms with Gasteiger partial charge in [0.2, 0.25) is 11.8 Å². The highest BCUT2D eigenvalue weighted by molar-refractivity contribution is 7.99. The Balaban J connectivity index is 1.38. The average Bonchev–Trinajstić information content (AvgIpc) is 3.47. The van der Waals surface area contributed by atoms with Crippen LogP contribution in [0, 0.1) is 0 Å². The Kier molecular flexibility index (Phi) is 7.01. The van der Waals surface area contributed by atoms with E-state index in [1.165, 1.54) is 35.9 Å². The lowest BCUT2D eigenvalue weighted by atomic mass is 9.95. The molecule has 7 nitrogen and oxygen atoms in total. The maximum absolute atomic E-state index is 13.5. The largest absolute Gasteiger partial charge is 0.324 e. The van der Waals surface area contributed by atoms with Gasteiger partial charge in [-0.1, -0.05) is 49.2 Å². The van der Waals surface area contributed by atoms with Crippen LogP contribution >= 0.6 is 23.1 Å². The molecule has 0 bridgehead atoms. The van der Waals surface area contributed by atoms with Crippen molar-refractivity contribution in [2.75, 3.05) is 16.0 Å². The summed E-state index contributed by atoms with van der Waals surface area (Å²) >= 11 is 3.19. The van der Waals surface area contributed by atoms with Crippen molar-refractivity contribution in [3.05, 3.63) is 52.5 Å². The van der Waals surface area contributed by atoms with Gasteiger partial charge in [0.15, 0.2) is 5.16 Å². The number of benzene rings is 1. The number of amides is 2. The summed E-state index contributed by atoms with van der Waals surface area (Å²) in [7, 11) is 0. The van der Waals surface area contributed by atoms with Gasteiger partial charge in [-0.3, -0.25) is 9.59 Å². The van der Waals surface area contributed by atoms with Gasteiger partial charge in [0.1, 0.15) is 5.82 Å². The van der Waals surface area contributed by atoms with Gasteiger partial charge in [-0.05, 0) is 43.3 Å². The summed E-state index contributed by atoms with van der Waals surface area (Å²) in [5.74, 6) is 1.13. The molecule has 1 aromatic carbocycles. The first-order chi connectivity index (χ1) is 16.6. The normalized spacial score (nSPS) is 18.9. The lowest BCUT2D eigenvalue weighted by molar-refractivity contribution is -0.117. The topological polar surface area (TPSA) is 80.1 Å². The summed E-state index contributed by atoms with van der Waals surface area (Å²) in [5, 5.41) is 14.9. The van der Waals surface area contributed by atoms with Gasteiger partial charge in [-0.15, -0.1) is 21.5 Å². The van der Waals surface area contributed by atoms with E-state index >= 15 is 0 Å². The van der Waals surface area contributed by atoms with Gasteiger partial charge >= 0.3 is 0 Å². The minimum Gasteiger partial charge on any atom is -0.324 e. The van der Waals surface area contributed by atoms with Gasteiger partial charge in [-0.2, -0.15) is 0 Å². The second-order valence-electron chi connectivity index (χ2n) is 8.99. The number of anilines is 2. The zero-order valence-electron chi connectivity index (χ0n) is 19.3. The SMILES string of the molecule is CC1CC(=O)Nc2ccccc2N1C(=O)CSc1nnc(Cc2cccs2)n1C1CCCCC1. The van der Waals surface area contributed by atoms with Crippen LogP contribution in [0.5, 0.6) is 0 Å². The van der Waals surface area contributed by atoms with Crippen molar-refractivity contribution < 1.29 is 9.59 Å². The number of carbonyl (C=O) groups excluding carboxylic acids is 2. The van der Waals surface area contributed by atoms with Crippen molar-refractivity contribution in [1.29, 1.82) is 0 Å². The van der Waals surface area contributed by atoms with Crippen LogP contribution in [-0.2, 0) is 16.0 Å². The molecule has 0 spiro atoms. The Bertz CT molecular complexity index is 1150. The van der Waals surface area contributed by atoms with Crippen molar-refractivity contribution in [3.63, 3.8) is 0 Å². The molecule has 2 amide bonds. The Morgan fingerprint density at radius 3 is 2.76 bits per heavy atom. The number of thioether (sulfide) groups is 1. The highest BCUT2D eigenvalue weighted by atomic mass is 32.2. The molecule has 0 saturated heterocycles. The third kappa shape index (κ3) is 4.90. The summed E-state index contributed by atoms with van der Waals surface area (Å²) in [6, 6.07) is 11.9. The monoisotopic (exact) mass is 495 g/mol. The minimum atomic E-state index is -0.220. The maximum Gasteiger partial charge on any atom is 0.237 e. The smallest absolute Gasteiger partial charge is 0.237 e. The number of hydrogen-bond acceptors (Lipinski definition) is 6. The molecule has 1 saturated carbocycles. The number of nitrogens with one attached hydrogen (secondary N) is 1. The quantitative estimate of drug-likeness (QED) is 0.470. The fourth-order valence-electron chi connectivity index (χ4n) is 4.97. The molecular formula is C25H29N5O2S2.